The van der Waals surface area contributed by atoms with Crippen LogP contribution in [0.4, 0.5) is 5.82 Å². The standard InChI is InChI=1S/C13H21N3O2S/c1-4-14-13-12(6-5-7-15-13)19(17,18)16(3)9-11-8-10(11)2/h5-7,10-11H,4,8-9H2,1-3H3,(H,14,15). The Balaban J connectivity index is 2.23. The predicted molar refractivity (Wildman–Crippen MR) is 75.5 cm³/mol. The number of rotatable bonds is 6. The summed E-state index contributed by atoms with van der Waals surface area (Å²) in [5.41, 5.74) is 0. The van der Waals surface area contributed by atoms with Gasteiger partial charge < -0.3 is 5.32 Å². The molecule has 0 spiro atoms. The van der Waals surface area contributed by atoms with Crippen LogP contribution in [-0.4, -0.2) is 37.8 Å². The lowest BCUT2D eigenvalue weighted by Gasteiger charge is -2.18. The second-order valence-corrected chi connectivity index (χ2v) is 7.15. The van der Waals surface area contributed by atoms with Crippen LogP contribution < -0.4 is 5.32 Å². The van der Waals surface area contributed by atoms with Crippen molar-refractivity contribution in [1.82, 2.24) is 9.29 Å². The minimum atomic E-state index is -3.46. The van der Waals surface area contributed by atoms with Gasteiger partial charge in [-0.1, -0.05) is 6.92 Å². The number of pyridine rings is 1. The molecule has 0 saturated heterocycles. The largest absolute Gasteiger partial charge is 0.369 e. The highest BCUT2D eigenvalue weighted by atomic mass is 32.2. The van der Waals surface area contributed by atoms with Crippen molar-refractivity contribution in [3.8, 4) is 0 Å². The molecule has 1 aliphatic carbocycles. The van der Waals surface area contributed by atoms with Gasteiger partial charge in [0.1, 0.15) is 10.7 Å². The van der Waals surface area contributed by atoms with Gasteiger partial charge in [0.2, 0.25) is 10.0 Å². The zero-order valence-electron chi connectivity index (χ0n) is 11.6. The van der Waals surface area contributed by atoms with E-state index >= 15 is 0 Å². The fourth-order valence-electron chi connectivity index (χ4n) is 2.15. The van der Waals surface area contributed by atoms with Gasteiger partial charge in [0, 0.05) is 26.3 Å². The van der Waals surface area contributed by atoms with Crippen molar-refractivity contribution in [2.75, 3.05) is 25.5 Å². The second-order valence-electron chi connectivity index (χ2n) is 5.14. The molecular weight excluding hydrogens is 262 g/mol. The monoisotopic (exact) mass is 283 g/mol. The lowest BCUT2D eigenvalue weighted by molar-refractivity contribution is 0.445. The summed E-state index contributed by atoms with van der Waals surface area (Å²) in [4.78, 5) is 4.37. The fraction of sp³-hybridized carbons (Fsp3) is 0.615. The van der Waals surface area contributed by atoms with Crippen molar-refractivity contribution in [2.24, 2.45) is 11.8 Å². The predicted octanol–water partition coefficient (Wildman–Crippen LogP) is 1.79. The molecular formula is C13H21N3O2S. The summed E-state index contributed by atoms with van der Waals surface area (Å²) in [6.07, 6.45) is 2.72. The van der Waals surface area contributed by atoms with Gasteiger partial charge in [0.05, 0.1) is 0 Å². The van der Waals surface area contributed by atoms with Crippen LogP contribution in [0.3, 0.4) is 0 Å². The van der Waals surface area contributed by atoms with Crippen molar-refractivity contribution in [1.29, 1.82) is 0 Å². The summed E-state index contributed by atoms with van der Waals surface area (Å²) in [6.45, 7) is 5.30. The number of sulfonamides is 1. The van der Waals surface area contributed by atoms with Gasteiger partial charge in [-0.3, -0.25) is 0 Å². The SMILES string of the molecule is CCNc1ncccc1S(=O)(=O)N(C)CC1CC1C. The van der Waals surface area contributed by atoms with Crippen molar-refractivity contribution in [2.45, 2.75) is 25.2 Å². The molecule has 1 aliphatic rings. The number of anilines is 1. The molecule has 1 aromatic rings. The first-order valence-corrected chi connectivity index (χ1v) is 8.06. The molecule has 1 saturated carbocycles. The van der Waals surface area contributed by atoms with Gasteiger partial charge in [-0.25, -0.2) is 17.7 Å². The molecule has 5 nitrogen and oxygen atoms in total. The Bertz CT molecular complexity index is 545. The van der Waals surface area contributed by atoms with Crippen LogP contribution in [0.2, 0.25) is 0 Å². The van der Waals surface area contributed by atoms with E-state index in [9.17, 15) is 8.42 Å². The molecule has 0 aromatic carbocycles. The van der Waals surface area contributed by atoms with E-state index in [4.69, 9.17) is 0 Å². The van der Waals surface area contributed by atoms with Crippen molar-refractivity contribution < 1.29 is 8.42 Å². The van der Waals surface area contributed by atoms with Crippen molar-refractivity contribution in [3.63, 3.8) is 0 Å². The molecule has 1 aromatic heterocycles. The maximum absolute atomic E-state index is 12.5. The molecule has 106 valence electrons. The molecule has 2 unspecified atom stereocenters. The first kappa shape index (κ1) is 14.3. The minimum Gasteiger partial charge on any atom is -0.369 e. The van der Waals surface area contributed by atoms with Crippen LogP contribution >= 0.6 is 0 Å². The molecule has 0 radical (unpaired) electrons. The Kier molecular flexibility index (Phi) is 4.10. The molecule has 0 amide bonds. The van der Waals surface area contributed by atoms with E-state index in [0.29, 0.717) is 30.7 Å². The Hall–Kier alpha value is -1.14. The molecule has 2 atom stereocenters. The van der Waals surface area contributed by atoms with Crippen LogP contribution in [0.25, 0.3) is 0 Å². The Morgan fingerprint density at radius 1 is 1.53 bits per heavy atom. The lowest BCUT2D eigenvalue weighted by Crippen LogP contribution is -2.30. The summed E-state index contributed by atoms with van der Waals surface area (Å²) < 4.78 is 26.5. The Morgan fingerprint density at radius 2 is 2.21 bits per heavy atom. The topological polar surface area (TPSA) is 62.3 Å². The van der Waals surface area contributed by atoms with Gasteiger partial charge >= 0.3 is 0 Å². The number of nitrogens with zero attached hydrogens (tertiary/aromatic N) is 2. The molecule has 19 heavy (non-hydrogen) atoms. The van der Waals surface area contributed by atoms with E-state index in [1.807, 2.05) is 6.92 Å². The molecule has 1 heterocycles. The average molecular weight is 283 g/mol. The van der Waals surface area contributed by atoms with Crippen LogP contribution in [-0.2, 0) is 10.0 Å². The lowest BCUT2D eigenvalue weighted by atomic mass is 10.3. The summed E-state index contributed by atoms with van der Waals surface area (Å²) in [5.74, 6) is 1.57. The third-order valence-electron chi connectivity index (χ3n) is 3.57. The molecule has 1 N–H and O–H groups in total. The zero-order valence-corrected chi connectivity index (χ0v) is 12.4. The minimum absolute atomic E-state index is 0.257. The summed E-state index contributed by atoms with van der Waals surface area (Å²) in [6, 6.07) is 3.26. The normalized spacial score (nSPS) is 22.5. The average Bonchev–Trinajstić information content (AvgIpc) is 3.05. The van der Waals surface area contributed by atoms with Crippen molar-refractivity contribution in [3.05, 3.63) is 18.3 Å². The second kappa shape index (κ2) is 5.46. The quantitative estimate of drug-likeness (QED) is 0.864. The smallest absolute Gasteiger partial charge is 0.246 e. The molecule has 2 rings (SSSR count). The first-order valence-electron chi connectivity index (χ1n) is 6.62. The molecule has 1 fully saturated rings. The zero-order chi connectivity index (χ0) is 14.0. The van der Waals surface area contributed by atoms with Crippen LogP contribution in [0.5, 0.6) is 0 Å². The number of nitrogens with one attached hydrogen (secondary N) is 1. The summed E-state index contributed by atoms with van der Waals surface area (Å²) in [7, 11) is -1.82. The number of hydrogen-bond acceptors (Lipinski definition) is 4. The highest BCUT2D eigenvalue weighted by molar-refractivity contribution is 7.89. The van der Waals surface area contributed by atoms with Gasteiger partial charge in [0.15, 0.2) is 0 Å². The molecule has 0 bridgehead atoms. The molecule has 6 heteroatoms. The first-order chi connectivity index (χ1) is 8.96. The van der Waals surface area contributed by atoms with E-state index in [-0.39, 0.29) is 4.90 Å². The van der Waals surface area contributed by atoms with Gasteiger partial charge in [0.25, 0.3) is 0 Å². The Labute approximate surface area is 115 Å². The van der Waals surface area contributed by atoms with E-state index in [1.165, 1.54) is 4.31 Å². The highest BCUT2D eigenvalue weighted by Crippen LogP contribution is 2.39. The summed E-state index contributed by atoms with van der Waals surface area (Å²) in [5, 5.41) is 3.00. The van der Waals surface area contributed by atoms with E-state index in [1.54, 1.807) is 25.4 Å². The number of aromatic nitrogens is 1. The molecule has 0 aliphatic heterocycles. The van der Waals surface area contributed by atoms with E-state index in [0.717, 1.165) is 6.42 Å². The van der Waals surface area contributed by atoms with Gasteiger partial charge in [-0.15, -0.1) is 0 Å². The van der Waals surface area contributed by atoms with Crippen LogP contribution in [0, 0.1) is 11.8 Å². The van der Waals surface area contributed by atoms with E-state index < -0.39 is 10.0 Å². The fourth-order valence-corrected chi connectivity index (χ4v) is 3.49. The third kappa shape index (κ3) is 3.06. The van der Waals surface area contributed by atoms with Gasteiger partial charge in [-0.2, -0.15) is 0 Å². The Morgan fingerprint density at radius 3 is 2.79 bits per heavy atom. The van der Waals surface area contributed by atoms with E-state index in [2.05, 4.69) is 17.2 Å². The highest BCUT2D eigenvalue weighted by Gasteiger charge is 2.36. The van der Waals surface area contributed by atoms with Crippen LogP contribution in [0.1, 0.15) is 20.3 Å². The summed E-state index contributed by atoms with van der Waals surface area (Å²) >= 11 is 0. The maximum atomic E-state index is 12.5. The third-order valence-corrected chi connectivity index (χ3v) is 5.43. The van der Waals surface area contributed by atoms with Crippen LogP contribution in [0.15, 0.2) is 23.2 Å². The maximum Gasteiger partial charge on any atom is 0.246 e. The van der Waals surface area contributed by atoms with Gasteiger partial charge in [-0.05, 0) is 37.3 Å². The number of hydrogen-bond donors (Lipinski definition) is 1. The van der Waals surface area contributed by atoms with Crippen molar-refractivity contribution >= 4 is 15.8 Å².